The van der Waals surface area contributed by atoms with Crippen molar-refractivity contribution < 1.29 is 31.5 Å². The van der Waals surface area contributed by atoms with Gasteiger partial charge in [-0.2, -0.15) is 8.78 Å². The van der Waals surface area contributed by atoms with Crippen LogP contribution >= 0.6 is 11.6 Å². The number of hydrogen-bond acceptors (Lipinski definition) is 5. The van der Waals surface area contributed by atoms with E-state index in [1.807, 2.05) is 0 Å². The third kappa shape index (κ3) is 6.64. The normalized spacial score (nSPS) is 11.3. The Morgan fingerprint density at radius 3 is 2.30 bits per heavy atom. The summed E-state index contributed by atoms with van der Waals surface area (Å²) in [5, 5.41) is 3.09. The van der Waals surface area contributed by atoms with Crippen LogP contribution in [0.15, 0.2) is 71.6 Å². The van der Waals surface area contributed by atoms with E-state index in [0.29, 0.717) is 16.3 Å². The van der Waals surface area contributed by atoms with Gasteiger partial charge in [-0.3, -0.25) is 4.79 Å². The second-order valence-corrected chi connectivity index (χ2v) is 8.85. The van der Waals surface area contributed by atoms with Crippen molar-refractivity contribution in [1.82, 2.24) is 4.72 Å². The van der Waals surface area contributed by atoms with Gasteiger partial charge in [0.15, 0.2) is 0 Å². The number of alkyl halides is 2. The van der Waals surface area contributed by atoms with E-state index in [1.165, 1.54) is 49.6 Å². The van der Waals surface area contributed by atoms with Crippen molar-refractivity contribution in [2.45, 2.75) is 18.1 Å². The fourth-order valence-corrected chi connectivity index (χ4v) is 4.15. The number of methoxy groups -OCH3 is 1. The number of sulfonamides is 1. The lowest BCUT2D eigenvalue weighted by Gasteiger charge is -2.13. The number of carbonyl (C=O) groups is 1. The molecule has 11 heteroatoms. The molecule has 0 bridgehead atoms. The van der Waals surface area contributed by atoms with E-state index in [9.17, 15) is 22.0 Å². The van der Waals surface area contributed by atoms with E-state index < -0.39 is 22.5 Å². The minimum Gasteiger partial charge on any atom is -0.495 e. The molecule has 0 atom stereocenters. The molecule has 0 aliphatic heterocycles. The highest BCUT2D eigenvalue weighted by Crippen LogP contribution is 2.26. The zero-order valence-electron chi connectivity index (χ0n) is 17.2. The van der Waals surface area contributed by atoms with Crippen LogP contribution in [0.25, 0.3) is 0 Å². The van der Waals surface area contributed by atoms with Crippen molar-refractivity contribution in [2.24, 2.45) is 0 Å². The fourth-order valence-electron chi connectivity index (χ4n) is 2.81. The molecule has 174 valence electrons. The van der Waals surface area contributed by atoms with Crippen LogP contribution in [0.2, 0.25) is 5.02 Å². The summed E-state index contributed by atoms with van der Waals surface area (Å²) in [4.78, 5) is 12.4. The molecule has 3 aromatic rings. The number of halogens is 3. The Labute approximate surface area is 194 Å². The second-order valence-electron chi connectivity index (χ2n) is 6.67. The lowest BCUT2D eigenvalue weighted by Crippen LogP contribution is -2.24. The van der Waals surface area contributed by atoms with E-state index in [4.69, 9.17) is 16.3 Å². The molecule has 3 rings (SSSR count). The summed E-state index contributed by atoms with van der Waals surface area (Å²) >= 11 is 5.84. The summed E-state index contributed by atoms with van der Waals surface area (Å²) in [7, 11) is -2.72. The number of hydrogen-bond donors (Lipinski definition) is 2. The van der Waals surface area contributed by atoms with Gasteiger partial charge in [0.25, 0.3) is 5.91 Å². The topological polar surface area (TPSA) is 93.7 Å². The molecule has 0 radical (unpaired) electrons. The molecule has 3 aromatic carbocycles. The summed E-state index contributed by atoms with van der Waals surface area (Å²) in [6.07, 6.45) is 0. The summed E-state index contributed by atoms with van der Waals surface area (Å²) in [6.45, 7) is -2.95. The highest BCUT2D eigenvalue weighted by atomic mass is 35.5. The van der Waals surface area contributed by atoms with Crippen molar-refractivity contribution in [3.8, 4) is 11.5 Å². The quantitative estimate of drug-likeness (QED) is 0.448. The number of nitrogens with one attached hydrogen (secondary N) is 2. The molecule has 7 nitrogen and oxygen atoms in total. The zero-order valence-corrected chi connectivity index (χ0v) is 18.8. The van der Waals surface area contributed by atoms with Crippen molar-refractivity contribution in [3.05, 3.63) is 82.9 Å². The monoisotopic (exact) mass is 496 g/mol. The van der Waals surface area contributed by atoms with Gasteiger partial charge in [0.1, 0.15) is 16.4 Å². The fraction of sp³-hybridized carbons (Fsp3) is 0.136. The van der Waals surface area contributed by atoms with E-state index in [-0.39, 0.29) is 28.5 Å². The maximum atomic E-state index is 12.9. The van der Waals surface area contributed by atoms with Gasteiger partial charge in [-0.25, -0.2) is 13.1 Å². The van der Waals surface area contributed by atoms with Crippen LogP contribution in [-0.4, -0.2) is 28.0 Å². The van der Waals surface area contributed by atoms with Gasteiger partial charge in [-0.15, -0.1) is 0 Å². The molecule has 0 fully saturated rings. The number of benzene rings is 3. The SMILES string of the molecule is COc1ccc(C(=O)Nc2ccc(OC(F)F)cc2)cc1S(=O)(=O)NCc1ccc(Cl)cc1. The van der Waals surface area contributed by atoms with E-state index in [1.54, 1.807) is 24.3 Å². The average molecular weight is 497 g/mol. The Hall–Kier alpha value is -3.21. The lowest BCUT2D eigenvalue weighted by atomic mass is 10.2. The van der Waals surface area contributed by atoms with E-state index >= 15 is 0 Å². The zero-order chi connectivity index (χ0) is 24.0. The molecular formula is C22H19ClF2N2O5S. The molecule has 2 N–H and O–H groups in total. The van der Waals surface area contributed by atoms with Gasteiger partial charge in [-0.05, 0) is 60.2 Å². The minimum atomic E-state index is -4.03. The molecule has 0 unspecified atom stereocenters. The molecule has 0 aliphatic rings. The molecule has 1 amide bonds. The van der Waals surface area contributed by atoms with Gasteiger partial charge in [0, 0.05) is 22.8 Å². The lowest BCUT2D eigenvalue weighted by molar-refractivity contribution is -0.0498. The third-order valence-corrected chi connectivity index (χ3v) is 6.11. The largest absolute Gasteiger partial charge is 0.495 e. The third-order valence-electron chi connectivity index (χ3n) is 4.43. The van der Waals surface area contributed by atoms with E-state index in [0.717, 1.165) is 0 Å². The van der Waals surface area contributed by atoms with Crippen LogP contribution in [0.4, 0.5) is 14.5 Å². The molecule has 0 heterocycles. The van der Waals surface area contributed by atoms with E-state index in [2.05, 4.69) is 14.8 Å². The Kier molecular flexibility index (Phi) is 7.85. The molecule has 0 aliphatic carbocycles. The summed E-state index contributed by atoms with van der Waals surface area (Å²) in [5.74, 6) is -0.606. The number of anilines is 1. The van der Waals surface area contributed by atoms with Crippen LogP contribution in [0, 0.1) is 0 Å². The first-order chi connectivity index (χ1) is 15.7. The van der Waals surface area contributed by atoms with Crippen molar-refractivity contribution in [3.63, 3.8) is 0 Å². The van der Waals surface area contributed by atoms with Crippen molar-refractivity contribution >= 4 is 33.2 Å². The van der Waals surface area contributed by atoms with Gasteiger partial charge >= 0.3 is 6.61 Å². The van der Waals surface area contributed by atoms with Crippen molar-refractivity contribution in [1.29, 1.82) is 0 Å². The summed E-state index contributed by atoms with van der Waals surface area (Å²) < 4.78 is 62.2. The number of amides is 1. The molecule has 0 spiro atoms. The first-order valence-electron chi connectivity index (χ1n) is 9.46. The van der Waals surface area contributed by atoms with Gasteiger partial charge < -0.3 is 14.8 Å². The standard InChI is InChI=1S/C22H19ClF2N2O5S/c1-31-19-11-4-15(21(28)27-17-7-9-18(10-8-17)32-22(24)25)12-20(19)33(29,30)26-13-14-2-5-16(23)6-3-14/h2-12,22,26H,13H2,1H3,(H,27,28). The molecule has 0 saturated heterocycles. The second kappa shape index (κ2) is 10.6. The van der Waals surface area contributed by atoms with Crippen LogP contribution in [-0.2, 0) is 16.6 Å². The maximum absolute atomic E-state index is 12.9. The Morgan fingerprint density at radius 1 is 1.03 bits per heavy atom. The molecule has 33 heavy (non-hydrogen) atoms. The van der Waals surface area contributed by atoms with Gasteiger partial charge in [0.2, 0.25) is 10.0 Å². The first-order valence-corrected chi connectivity index (χ1v) is 11.3. The predicted molar refractivity (Wildman–Crippen MR) is 119 cm³/mol. The van der Waals surface area contributed by atoms with Gasteiger partial charge in [0.05, 0.1) is 7.11 Å². The van der Waals surface area contributed by atoms with Crippen LogP contribution < -0.4 is 19.5 Å². The number of ether oxygens (including phenoxy) is 2. The minimum absolute atomic E-state index is 0.00607. The number of carbonyl (C=O) groups excluding carboxylic acids is 1. The molecule has 0 saturated carbocycles. The molecular weight excluding hydrogens is 478 g/mol. The summed E-state index contributed by atoms with van der Waals surface area (Å²) in [5.41, 5.74) is 1.05. The Morgan fingerprint density at radius 2 is 1.70 bits per heavy atom. The van der Waals surface area contributed by atoms with Crippen molar-refractivity contribution in [2.75, 3.05) is 12.4 Å². The Balaban J connectivity index is 1.77. The molecule has 0 aromatic heterocycles. The predicted octanol–water partition coefficient (Wildman–Crippen LogP) is 4.68. The summed E-state index contributed by atoms with van der Waals surface area (Å²) in [6, 6.07) is 15.9. The highest BCUT2D eigenvalue weighted by Gasteiger charge is 2.22. The smallest absolute Gasteiger partial charge is 0.387 e. The Bertz CT molecular complexity index is 1220. The van der Waals surface area contributed by atoms with Crippen LogP contribution in [0.1, 0.15) is 15.9 Å². The van der Waals surface area contributed by atoms with Crippen LogP contribution in [0.3, 0.4) is 0 Å². The van der Waals surface area contributed by atoms with Crippen LogP contribution in [0.5, 0.6) is 11.5 Å². The maximum Gasteiger partial charge on any atom is 0.387 e. The first kappa shape index (κ1) is 24.4. The average Bonchev–Trinajstić information content (AvgIpc) is 2.79. The number of rotatable bonds is 9. The highest BCUT2D eigenvalue weighted by molar-refractivity contribution is 7.89. The van der Waals surface area contributed by atoms with Gasteiger partial charge in [-0.1, -0.05) is 23.7 Å².